The number of aryl methyl sites for hydroxylation is 1. The lowest BCUT2D eigenvalue weighted by molar-refractivity contribution is -0.197. The number of halogens is 1. The van der Waals surface area contributed by atoms with Crippen molar-refractivity contribution in [2.75, 3.05) is 20.8 Å². The molecule has 0 unspecified atom stereocenters. The Morgan fingerprint density at radius 1 is 1.30 bits per heavy atom. The molecule has 1 aromatic rings. The van der Waals surface area contributed by atoms with Crippen LogP contribution in [0.15, 0.2) is 22.7 Å². The number of esters is 1. The SMILES string of the molecule is CCO[C@@H]1C[C@@](NC(=O)CCc2ccc(OC)c(Br)c2)(C(=O)OC)C1(C)C. The first-order valence-electron chi connectivity index (χ1n) is 9.05. The zero-order valence-corrected chi connectivity index (χ0v) is 18.1. The van der Waals surface area contributed by atoms with E-state index in [1.165, 1.54) is 7.11 Å². The van der Waals surface area contributed by atoms with Crippen molar-refractivity contribution in [1.29, 1.82) is 0 Å². The Kier molecular flexibility index (Phi) is 6.92. The molecule has 1 aromatic carbocycles. The summed E-state index contributed by atoms with van der Waals surface area (Å²) in [6.45, 7) is 6.33. The molecule has 0 radical (unpaired) electrons. The molecule has 6 nitrogen and oxygen atoms in total. The summed E-state index contributed by atoms with van der Waals surface area (Å²) in [6, 6.07) is 5.71. The van der Waals surface area contributed by atoms with Crippen LogP contribution in [0, 0.1) is 5.41 Å². The first-order valence-corrected chi connectivity index (χ1v) is 9.84. The molecule has 0 saturated heterocycles. The van der Waals surface area contributed by atoms with Crippen LogP contribution in [0.2, 0.25) is 0 Å². The van der Waals surface area contributed by atoms with Gasteiger partial charge in [0.2, 0.25) is 5.91 Å². The minimum absolute atomic E-state index is 0.0977. The van der Waals surface area contributed by atoms with Gasteiger partial charge in [0.25, 0.3) is 0 Å². The van der Waals surface area contributed by atoms with Crippen molar-refractivity contribution in [3.8, 4) is 5.75 Å². The zero-order valence-electron chi connectivity index (χ0n) is 16.6. The third-order valence-corrected chi connectivity index (χ3v) is 6.13. The van der Waals surface area contributed by atoms with Gasteiger partial charge in [-0.2, -0.15) is 0 Å². The van der Waals surface area contributed by atoms with Gasteiger partial charge in [0.1, 0.15) is 11.3 Å². The fourth-order valence-electron chi connectivity index (χ4n) is 3.62. The maximum absolute atomic E-state index is 12.6. The Labute approximate surface area is 169 Å². The van der Waals surface area contributed by atoms with Crippen LogP contribution >= 0.6 is 15.9 Å². The summed E-state index contributed by atoms with van der Waals surface area (Å²) in [5.74, 6) is 0.130. The van der Waals surface area contributed by atoms with Crippen LogP contribution in [-0.4, -0.2) is 44.3 Å². The minimum atomic E-state index is -1.06. The van der Waals surface area contributed by atoms with Gasteiger partial charge in [-0.1, -0.05) is 19.9 Å². The normalized spacial score (nSPS) is 23.3. The van der Waals surface area contributed by atoms with Crippen LogP contribution in [0.4, 0.5) is 0 Å². The van der Waals surface area contributed by atoms with Gasteiger partial charge in [-0.05, 0) is 47.0 Å². The molecule has 1 amide bonds. The summed E-state index contributed by atoms with van der Waals surface area (Å²) in [4.78, 5) is 25.1. The molecule has 0 spiro atoms. The second-order valence-electron chi connectivity index (χ2n) is 7.28. The van der Waals surface area contributed by atoms with Crippen molar-refractivity contribution in [1.82, 2.24) is 5.32 Å². The largest absolute Gasteiger partial charge is 0.496 e. The molecular formula is C20H28BrNO5. The molecule has 27 heavy (non-hydrogen) atoms. The summed E-state index contributed by atoms with van der Waals surface area (Å²) < 4.78 is 16.8. The van der Waals surface area contributed by atoms with E-state index < -0.39 is 16.9 Å². The van der Waals surface area contributed by atoms with Gasteiger partial charge >= 0.3 is 5.97 Å². The molecule has 150 valence electrons. The van der Waals surface area contributed by atoms with E-state index in [4.69, 9.17) is 14.2 Å². The second kappa shape index (κ2) is 8.61. The van der Waals surface area contributed by atoms with Gasteiger partial charge in [0.05, 0.1) is 24.8 Å². The van der Waals surface area contributed by atoms with Crippen LogP contribution in [0.5, 0.6) is 5.75 Å². The summed E-state index contributed by atoms with van der Waals surface area (Å²) in [5, 5.41) is 2.94. The fourth-order valence-corrected chi connectivity index (χ4v) is 4.20. The quantitative estimate of drug-likeness (QED) is 0.626. The van der Waals surface area contributed by atoms with E-state index in [1.807, 2.05) is 39.0 Å². The van der Waals surface area contributed by atoms with E-state index in [2.05, 4.69) is 21.2 Å². The molecule has 1 fully saturated rings. The van der Waals surface area contributed by atoms with Crippen LogP contribution in [0.25, 0.3) is 0 Å². The standard InChI is InChI=1S/C20H28BrNO5/c1-6-27-16-12-20(18(24)26-5,19(16,2)3)22-17(23)10-8-13-7-9-15(25-4)14(21)11-13/h7,9,11,16H,6,8,10,12H2,1-5H3,(H,22,23)/t16-,20-/m1/s1. The monoisotopic (exact) mass is 441 g/mol. The highest BCUT2D eigenvalue weighted by Crippen LogP contribution is 2.52. The number of rotatable bonds is 8. The lowest BCUT2D eigenvalue weighted by atomic mass is 9.54. The number of hydrogen-bond donors (Lipinski definition) is 1. The van der Waals surface area contributed by atoms with Crippen LogP contribution in [-0.2, 0) is 25.5 Å². The molecule has 1 saturated carbocycles. The van der Waals surface area contributed by atoms with Crippen molar-refractivity contribution >= 4 is 27.8 Å². The lowest BCUT2D eigenvalue weighted by Gasteiger charge is -2.58. The van der Waals surface area contributed by atoms with Crippen molar-refractivity contribution in [3.05, 3.63) is 28.2 Å². The molecule has 1 aliphatic rings. The number of ether oxygens (including phenoxy) is 3. The third-order valence-electron chi connectivity index (χ3n) is 5.51. The van der Waals surface area contributed by atoms with Crippen LogP contribution < -0.4 is 10.1 Å². The highest BCUT2D eigenvalue weighted by molar-refractivity contribution is 9.10. The van der Waals surface area contributed by atoms with Gasteiger partial charge in [-0.25, -0.2) is 4.79 Å². The van der Waals surface area contributed by atoms with Gasteiger partial charge < -0.3 is 19.5 Å². The Hall–Kier alpha value is -1.60. The van der Waals surface area contributed by atoms with E-state index in [9.17, 15) is 9.59 Å². The second-order valence-corrected chi connectivity index (χ2v) is 8.14. The maximum Gasteiger partial charge on any atom is 0.332 e. The molecular weight excluding hydrogens is 414 g/mol. The van der Waals surface area contributed by atoms with Crippen LogP contribution in [0.1, 0.15) is 39.2 Å². The van der Waals surface area contributed by atoms with Crippen molar-refractivity contribution in [2.24, 2.45) is 5.41 Å². The molecule has 2 rings (SSSR count). The summed E-state index contributed by atoms with van der Waals surface area (Å²) >= 11 is 3.45. The van der Waals surface area contributed by atoms with Gasteiger partial charge in [0, 0.05) is 24.9 Å². The Bertz CT molecular complexity index is 706. The molecule has 0 aliphatic heterocycles. The van der Waals surface area contributed by atoms with E-state index in [-0.39, 0.29) is 18.4 Å². The van der Waals surface area contributed by atoms with Crippen LogP contribution in [0.3, 0.4) is 0 Å². The summed E-state index contributed by atoms with van der Waals surface area (Å²) in [7, 11) is 2.95. The number of amides is 1. The molecule has 7 heteroatoms. The number of carbonyl (C=O) groups is 2. The molecule has 0 heterocycles. The van der Waals surface area contributed by atoms with Gasteiger partial charge in [0.15, 0.2) is 0 Å². The molecule has 1 N–H and O–H groups in total. The number of methoxy groups -OCH3 is 2. The van der Waals surface area contributed by atoms with E-state index in [1.54, 1.807) is 7.11 Å². The summed E-state index contributed by atoms with van der Waals surface area (Å²) in [6.07, 6.45) is 1.15. The Morgan fingerprint density at radius 2 is 2.00 bits per heavy atom. The average Bonchev–Trinajstić information content (AvgIpc) is 2.64. The Morgan fingerprint density at radius 3 is 2.52 bits per heavy atom. The highest BCUT2D eigenvalue weighted by atomic mass is 79.9. The van der Waals surface area contributed by atoms with E-state index in [0.29, 0.717) is 19.4 Å². The first kappa shape index (κ1) is 21.7. The molecule has 0 aromatic heterocycles. The van der Waals surface area contributed by atoms with Crippen molar-refractivity contribution in [2.45, 2.75) is 51.7 Å². The lowest BCUT2D eigenvalue weighted by Crippen LogP contribution is -2.76. The Balaban J connectivity index is 2.05. The molecule has 0 bridgehead atoms. The zero-order chi connectivity index (χ0) is 20.2. The van der Waals surface area contributed by atoms with E-state index >= 15 is 0 Å². The minimum Gasteiger partial charge on any atom is -0.496 e. The third kappa shape index (κ3) is 4.14. The maximum atomic E-state index is 12.6. The highest BCUT2D eigenvalue weighted by Gasteiger charge is 2.66. The number of hydrogen-bond acceptors (Lipinski definition) is 5. The molecule has 2 atom stereocenters. The number of nitrogens with one attached hydrogen (secondary N) is 1. The summed E-state index contributed by atoms with van der Waals surface area (Å²) in [5.41, 5.74) is -0.598. The van der Waals surface area contributed by atoms with Gasteiger partial charge in [-0.15, -0.1) is 0 Å². The van der Waals surface area contributed by atoms with Crippen molar-refractivity contribution in [3.63, 3.8) is 0 Å². The predicted octanol–water partition coefficient (Wildman–Crippen LogP) is 3.25. The predicted molar refractivity (Wildman–Crippen MR) is 106 cm³/mol. The topological polar surface area (TPSA) is 73.9 Å². The number of benzene rings is 1. The molecule has 1 aliphatic carbocycles. The fraction of sp³-hybridized carbons (Fsp3) is 0.600. The number of carbonyl (C=O) groups excluding carboxylic acids is 2. The average molecular weight is 442 g/mol. The van der Waals surface area contributed by atoms with Crippen molar-refractivity contribution < 1.29 is 23.8 Å². The van der Waals surface area contributed by atoms with E-state index in [0.717, 1.165) is 15.8 Å². The smallest absolute Gasteiger partial charge is 0.332 e. The first-order chi connectivity index (χ1) is 12.7. The van der Waals surface area contributed by atoms with Gasteiger partial charge in [-0.3, -0.25) is 4.79 Å².